The maximum Gasteiger partial charge on any atom is 0.156 e. The molecule has 0 bridgehead atoms. The lowest BCUT2D eigenvalue weighted by Gasteiger charge is -2.31. The summed E-state index contributed by atoms with van der Waals surface area (Å²) in [5.74, 6) is 1.35. The van der Waals surface area contributed by atoms with Crippen LogP contribution in [0, 0.1) is 0 Å². The first-order valence-electron chi connectivity index (χ1n) is 11.1. The van der Waals surface area contributed by atoms with Gasteiger partial charge in [-0.1, -0.05) is 0 Å². The number of hydrogen-bond donors (Lipinski definition) is 0. The van der Waals surface area contributed by atoms with Crippen LogP contribution >= 0.6 is 0 Å². The highest BCUT2D eigenvalue weighted by Crippen LogP contribution is 2.27. The molecule has 5 heterocycles. The minimum atomic E-state index is 0.380. The summed E-state index contributed by atoms with van der Waals surface area (Å²) in [7, 11) is 0. The zero-order valence-corrected chi connectivity index (χ0v) is 17.9. The van der Waals surface area contributed by atoms with E-state index in [0.717, 1.165) is 63.8 Å². The maximum atomic E-state index is 5.47. The van der Waals surface area contributed by atoms with E-state index in [4.69, 9.17) is 14.8 Å². The SMILES string of the molecule is CC(C)n1cc(CN2CCCC(c3nc4ccc(N5CCOCC5)cn4n3)C2)cn1. The van der Waals surface area contributed by atoms with Crippen molar-refractivity contribution in [2.45, 2.75) is 45.2 Å². The van der Waals surface area contributed by atoms with Gasteiger partial charge in [0.15, 0.2) is 11.5 Å². The average Bonchev–Trinajstić information content (AvgIpc) is 3.41. The summed E-state index contributed by atoms with van der Waals surface area (Å²) in [6.07, 6.45) is 8.61. The van der Waals surface area contributed by atoms with E-state index in [2.05, 4.69) is 53.3 Å². The number of aromatic nitrogens is 5. The van der Waals surface area contributed by atoms with Crippen LogP contribution in [-0.2, 0) is 11.3 Å². The number of rotatable bonds is 5. The fourth-order valence-electron chi connectivity index (χ4n) is 4.48. The lowest BCUT2D eigenvalue weighted by Crippen LogP contribution is -2.36. The van der Waals surface area contributed by atoms with Crippen molar-refractivity contribution >= 4 is 11.3 Å². The number of fused-ring (bicyclic) bond motifs is 1. The molecule has 0 spiro atoms. The van der Waals surface area contributed by atoms with E-state index < -0.39 is 0 Å². The Morgan fingerprint density at radius 1 is 1.13 bits per heavy atom. The molecular formula is C22H31N7O. The molecule has 5 rings (SSSR count). The summed E-state index contributed by atoms with van der Waals surface area (Å²) in [4.78, 5) is 9.72. The smallest absolute Gasteiger partial charge is 0.156 e. The predicted octanol–water partition coefficient (Wildman–Crippen LogP) is 2.72. The molecule has 3 aromatic rings. The number of likely N-dealkylation sites (tertiary alicyclic amines) is 1. The summed E-state index contributed by atoms with van der Waals surface area (Å²) in [6, 6.07) is 4.64. The lowest BCUT2D eigenvalue weighted by molar-refractivity contribution is 0.122. The normalized spacial score (nSPS) is 21.0. The average molecular weight is 410 g/mol. The van der Waals surface area contributed by atoms with Crippen LogP contribution in [0.15, 0.2) is 30.7 Å². The molecule has 0 amide bonds. The Bertz CT molecular complexity index is 988. The van der Waals surface area contributed by atoms with E-state index in [1.54, 1.807) is 0 Å². The highest BCUT2D eigenvalue weighted by atomic mass is 16.5. The minimum absolute atomic E-state index is 0.380. The molecule has 0 aliphatic carbocycles. The third-order valence-electron chi connectivity index (χ3n) is 6.17. The second kappa shape index (κ2) is 8.35. The second-order valence-electron chi connectivity index (χ2n) is 8.76. The highest BCUT2D eigenvalue weighted by molar-refractivity contribution is 5.51. The van der Waals surface area contributed by atoms with E-state index in [9.17, 15) is 0 Å². The second-order valence-corrected chi connectivity index (χ2v) is 8.76. The number of ether oxygens (including phenoxy) is 1. The van der Waals surface area contributed by atoms with E-state index in [1.807, 2.05) is 15.4 Å². The predicted molar refractivity (Wildman–Crippen MR) is 116 cm³/mol. The Kier molecular flexibility index (Phi) is 5.43. The van der Waals surface area contributed by atoms with Gasteiger partial charge < -0.3 is 9.64 Å². The third kappa shape index (κ3) is 4.06. The van der Waals surface area contributed by atoms with Gasteiger partial charge in [0, 0.05) is 49.9 Å². The molecule has 2 fully saturated rings. The Hall–Kier alpha value is -2.45. The topological polar surface area (TPSA) is 63.7 Å². The van der Waals surface area contributed by atoms with Gasteiger partial charge in [0.2, 0.25) is 0 Å². The van der Waals surface area contributed by atoms with Gasteiger partial charge in [0.25, 0.3) is 0 Å². The summed E-state index contributed by atoms with van der Waals surface area (Å²) in [6.45, 7) is 10.8. The van der Waals surface area contributed by atoms with Crippen molar-refractivity contribution in [1.29, 1.82) is 0 Å². The zero-order chi connectivity index (χ0) is 20.5. The fraction of sp³-hybridized carbons (Fsp3) is 0.591. The molecule has 0 radical (unpaired) electrons. The van der Waals surface area contributed by atoms with Gasteiger partial charge in [0.1, 0.15) is 0 Å². The van der Waals surface area contributed by atoms with Crippen molar-refractivity contribution in [3.63, 3.8) is 0 Å². The van der Waals surface area contributed by atoms with Crippen LogP contribution in [0.2, 0.25) is 0 Å². The van der Waals surface area contributed by atoms with Gasteiger partial charge in [-0.25, -0.2) is 9.50 Å². The van der Waals surface area contributed by atoms with Gasteiger partial charge in [-0.2, -0.15) is 10.2 Å². The number of anilines is 1. The van der Waals surface area contributed by atoms with Crippen molar-refractivity contribution in [2.24, 2.45) is 0 Å². The molecule has 2 aliphatic rings. The van der Waals surface area contributed by atoms with Crippen LogP contribution in [-0.4, -0.2) is 68.7 Å². The van der Waals surface area contributed by atoms with Crippen molar-refractivity contribution in [1.82, 2.24) is 29.3 Å². The molecule has 160 valence electrons. The summed E-state index contributed by atoms with van der Waals surface area (Å²) >= 11 is 0. The van der Waals surface area contributed by atoms with E-state index >= 15 is 0 Å². The molecule has 2 aliphatic heterocycles. The Labute approximate surface area is 177 Å². The van der Waals surface area contributed by atoms with Gasteiger partial charge in [-0.3, -0.25) is 9.58 Å². The van der Waals surface area contributed by atoms with E-state index in [-0.39, 0.29) is 0 Å². The van der Waals surface area contributed by atoms with Crippen molar-refractivity contribution in [3.8, 4) is 0 Å². The van der Waals surface area contributed by atoms with Gasteiger partial charge in [-0.15, -0.1) is 0 Å². The molecule has 1 atom stereocenters. The number of pyridine rings is 1. The molecule has 2 saturated heterocycles. The van der Waals surface area contributed by atoms with Gasteiger partial charge in [-0.05, 0) is 45.4 Å². The molecule has 0 saturated carbocycles. The molecule has 8 heteroatoms. The van der Waals surface area contributed by atoms with Crippen LogP contribution in [0.3, 0.4) is 0 Å². The standard InChI is InChI=1S/C22H31N7O/c1-17(2)28-14-18(12-23-28)13-26-7-3-4-19(15-26)22-24-21-6-5-20(16-29(21)25-22)27-8-10-30-11-9-27/h5-6,12,14,16-17,19H,3-4,7-11,13,15H2,1-2H3. The molecule has 8 nitrogen and oxygen atoms in total. The van der Waals surface area contributed by atoms with Gasteiger partial charge >= 0.3 is 0 Å². The van der Waals surface area contributed by atoms with Gasteiger partial charge in [0.05, 0.1) is 31.3 Å². The molecule has 0 aromatic carbocycles. The first kappa shape index (κ1) is 19.5. The number of nitrogens with zero attached hydrogens (tertiary/aromatic N) is 7. The third-order valence-corrected chi connectivity index (χ3v) is 6.17. The molecule has 30 heavy (non-hydrogen) atoms. The van der Waals surface area contributed by atoms with Crippen LogP contribution < -0.4 is 4.90 Å². The van der Waals surface area contributed by atoms with Crippen LogP contribution in [0.25, 0.3) is 5.65 Å². The molecule has 1 unspecified atom stereocenters. The first-order valence-corrected chi connectivity index (χ1v) is 11.1. The number of morpholine rings is 1. The first-order chi connectivity index (χ1) is 14.7. The van der Waals surface area contributed by atoms with Crippen molar-refractivity contribution in [3.05, 3.63) is 42.1 Å². The minimum Gasteiger partial charge on any atom is -0.378 e. The maximum absolute atomic E-state index is 5.47. The van der Waals surface area contributed by atoms with Crippen molar-refractivity contribution < 1.29 is 4.74 Å². The van der Waals surface area contributed by atoms with Crippen LogP contribution in [0.4, 0.5) is 5.69 Å². The van der Waals surface area contributed by atoms with Crippen LogP contribution in [0.5, 0.6) is 0 Å². The fourth-order valence-corrected chi connectivity index (χ4v) is 4.48. The van der Waals surface area contributed by atoms with Crippen LogP contribution in [0.1, 0.15) is 50.0 Å². The highest BCUT2D eigenvalue weighted by Gasteiger charge is 2.25. The zero-order valence-electron chi connectivity index (χ0n) is 17.9. The van der Waals surface area contributed by atoms with Crippen molar-refractivity contribution in [2.75, 3.05) is 44.3 Å². The quantitative estimate of drug-likeness (QED) is 0.646. The molecule has 0 N–H and O–H groups in total. The molecular weight excluding hydrogens is 378 g/mol. The lowest BCUT2D eigenvalue weighted by atomic mass is 9.97. The Morgan fingerprint density at radius 2 is 2.00 bits per heavy atom. The largest absolute Gasteiger partial charge is 0.378 e. The summed E-state index contributed by atoms with van der Waals surface area (Å²) in [5.41, 5.74) is 3.40. The Morgan fingerprint density at radius 3 is 2.80 bits per heavy atom. The summed E-state index contributed by atoms with van der Waals surface area (Å²) in [5, 5.41) is 9.35. The molecule has 3 aromatic heterocycles. The summed E-state index contributed by atoms with van der Waals surface area (Å²) < 4.78 is 9.46. The van der Waals surface area contributed by atoms with E-state index in [0.29, 0.717) is 12.0 Å². The number of hydrogen-bond acceptors (Lipinski definition) is 6. The monoisotopic (exact) mass is 409 g/mol. The number of piperidine rings is 1. The Balaban J connectivity index is 1.29. The van der Waals surface area contributed by atoms with E-state index in [1.165, 1.54) is 17.7 Å².